The SMILES string of the molecule is CC(C)c1ccc(CCCNC(=O)[C@H](C)N(c2ccc(F)cc2)S(C)(=O)=O)cc1. The number of carbonyl (C=O) groups excluding carboxylic acids is 1. The molecule has 1 atom stereocenters. The minimum absolute atomic E-state index is 0.252. The van der Waals surface area contributed by atoms with Crippen molar-refractivity contribution in [2.24, 2.45) is 0 Å². The van der Waals surface area contributed by atoms with Crippen molar-refractivity contribution < 1.29 is 17.6 Å². The Morgan fingerprint density at radius 1 is 1.03 bits per heavy atom. The highest BCUT2D eigenvalue weighted by Crippen LogP contribution is 2.21. The van der Waals surface area contributed by atoms with Crippen molar-refractivity contribution in [1.29, 1.82) is 0 Å². The lowest BCUT2D eigenvalue weighted by Crippen LogP contribution is -2.48. The molecular weight excluding hydrogens is 391 g/mol. The Labute approximate surface area is 173 Å². The molecule has 0 bridgehead atoms. The van der Waals surface area contributed by atoms with Crippen LogP contribution in [-0.4, -0.2) is 33.2 Å². The second kappa shape index (κ2) is 9.87. The first-order valence-corrected chi connectivity index (χ1v) is 11.6. The zero-order valence-electron chi connectivity index (χ0n) is 17.4. The molecule has 0 fully saturated rings. The van der Waals surface area contributed by atoms with E-state index >= 15 is 0 Å². The maximum Gasteiger partial charge on any atom is 0.243 e. The third-order valence-electron chi connectivity index (χ3n) is 4.76. The summed E-state index contributed by atoms with van der Waals surface area (Å²) in [6.07, 6.45) is 2.59. The molecule has 7 heteroatoms. The number of anilines is 1. The van der Waals surface area contributed by atoms with Gasteiger partial charge < -0.3 is 5.32 Å². The summed E-state index contributed by atoms with van der Waals surface area (Å²) in [5.74, 6) is -0.376. The van der Waals surface area contributed by atoms with E-state index in [4.69, 9.17) is 0 Å². The summed E-state index contributed by atoms with van der Waals surface area (Å²) in [5, 5.41) is 2.80. The van der Waals surface area contributed by atoms with Gasteiger partial charge in [0.05, 0.1) is 11.9 Å². The molecule has 0 saturated carbocycles. The normalized spacial score (nSPS) is 12.6. The Hall–Kier alpha value is -2.41. The summed E-state index contributed by atoms with van der Waals surface area (Å²) >= 11 is 0. The number of benzene rings is 2. The van der Waals surface area contributed by atoms with E-state index in [0.717, 1.165) is 23.4 Å². The topological polar surface area (TPSA) is 66.5 Å². The maximum absolute atomic E-state index is 13.2. The van der Waals surface area contributed by atoms with Gasteiger partial charge in [-0.2, -0.15) is 0 Å². The van der Waals surface area contributed by atoms with Gasteiger partial charge in [-0.3, -0.25) is 9.10 Å². The van der Waals surface area contributed by atoms with Gasteiger partial charge in [-0.1, -0.05) is 38.1 Å². The van der Waals surface area contributed by atoms with Crippen molar-refractivity contribution in [3.8, 4) is 0 Å². The van der Waals surface area contributed by atoms with Crippen molar-refractivity contribution >= 4 is 21.6 Å². The number of hydrogen-bond acceptors (Lipinski definition) is 3. The lowest BCUT2D eigenvalue weighted by Gasteiger charge is -2.28. The van der Waals surface area contributed by atoms with Crippen LogP contribution < -0.4 is 9.62 Å². The van der Waals surface area contributed by atoms with E-state index in [2.05, 4.69) is 43.4 Å². The van der Waals surface area contributed by atoms with E-state index in [-0.39, 0.29) is 5.69 Å². The highest BCUT2D eigenvalue weighted by atomic mass is 32.2. The lowest BCUT2D eigenvalue weighted by atomic mass is 10.0. The van der Waals surface area contributed by atoms with E-state index in [0.29, 0.717) is 12.5 Å². The molecule has 0 aliphatic heterocycles. The fourth-order valence-electron chi connectivity index (χ4n) is 3.12. The number of sulfonamides is 1. The molecule has 158 valence electrons. The second-order valence-electron chi connectivity index (χ2n) is 7.50. The first-order chi connectivity index (χ1) is 13.6. The number of amides is 1. The molecule has 1 N–H and O–H groups in total. The Balaban J connectivity index is 1.93. The fourth-order valence-corrected chi connectivity index (χ4v) is 4.29. The fraction of sp³-hybridized carbons (Fsp3) is 0.409. The Kier molecular flexibility index (Phi) is 7.79. The van der Waals surface area contributed by atoms with Crippen molar-refractivity contribution in [3.63, 3.8) is 0 Å². The molecule has 0 heterocycles. The van der Waals surface area contributed by atoms with Crippen LogP contribution in [0.4, 0.5) is 10.1 Å². The van der Waals surface area contributed by atoms with Gasteiger partial charge in [0.25, 0.3) is 0 Å². The number of nitrogens with zero attached hydrogens (tertiary/aromatic N) is 1. The van der Waals surface area contributed by atoms with Crippen molar-refractivity contribution in [1.82, 2.24) is 5.32 Å². The molecular formula is C22H29FN2O3S. The number of halogens is 1. The molecule has 0 aliphatic carbocycles. The first kappa shape index (κ1) is 22.9. The third-order valence-corrected chi connectivity index (χ3v) is 6.00. The van der Waals surface area contributed by atoms with E-state index in [1.807, 2.05) is 0 Å². The van der Waals surface area contributed by atoms with Gasteiger partial charge in [-0.15, -0.1) is 0 Å². The number of nitrogens with one attached hydrogen (secondary N) is 1. The molecule has 0 radical (unpaired) electrons. The van der Waals surface area contributed by atoms with Gasteiger partial charge in [0.15, 0.2) is 0 Å². The summed E-state index contributed by atoms with van der Waals surface area (Å²) in [4.78, 5) is 12.5. The van der Waals surface area contributed by atoms with Crippen LogP contribution in [0.1, 0.15) is 44.2 Å². The van der Waals surface area contributed by atoms with E-state index in [1.54, 1.807) is 0 Å². The van der Waals surface area contributed by atoms with Crippen LogP contribution in [0, 0.1) is 5.82 Å². The summed E-state index contributed by atoms with van der Waals surface area (Å²) in [6, 6.07) is 12.5. The summed E-state index contributed by atoms with van der Waals surface area (Å²) in [6.45, 7) is 6.26. The van der Waals surface area contributed by atoms with Crippen LogP contribution in [-0.2, 0) is 21.2 Å². The zero-order chi connectivity index (χ0) is 21.6. The number of rotatable bonds is 9. The highest BCUT2D eigenvalue weighted by molar-refractivity contribution is 7.92. The minimum Gasteiger partial charge on any atom is -0.354 e. The van der Waals surface area contributed by atoms with Gasteiger partial charge in [-0.05, 0) is 61.1 Å². The zero-order valence-corrected chi connectivity index (χ0v) is 18.2. The average Bonchev–Trinajstić information content (AvgIpc) is 2.66. The maximum atomic E-state index is 13.2. The first-order valence-electron chi connectivity index (χ1n) is 9.71. The van der Waals surface area contributed by atoms with Crippen LogP contribution in [0.5, 0.6) is 0 Å². The van der Waals surface area contributed by atoms with Crippen molar-refractivity contribution in [3.05, 3.63) is 65.5 Å². The van der Waals surface area contributed by atoms with Crippen LogP contribution in [0.2, 0.25) is 0 Å². The van der Waals surface area contributed by atoms with Gasteiger partial charge in [0.1, 0.15) is 11.9 Å². The van der Waals surface area contributed by atoms with Crippen LogP contribution in [0.15, 0.2) is 48.5 Å². The number of aryl methyl sites for hydroxylation is 1. The molecule has 1 amide bonds. The average molecular weight is 421 g/mol. The second-order valence-corrected chi connectivity index (χ2v) is 9.36. The van der Waals surface area contributed by atoms with Crippen LogP contribution >= 0.6 is 0 Å². The lowest BCUT2D eigenvalue weighted by molar-refractivity contribution is -0.121. The Morgan fingerprint density at radius 3 is 2.14 bits per heavy atom. The molecule has 5 nitrogen and oxygen atoms in total. The minimum atomic E-state index is -3.71. The summed E-state index contributed by atoms with van der Waals surface area (Å²) < 4.78 is 38.6. The van der Waals surface area contributed by atoms with E-state index < -0.39 is 27.8 Å². The van der Waals surface area contributed by atoms with Crippen molar-refractivity contribution in [2.45, 2.75) is 45.6 Å². The van der Waals surface area contributed by atoms with Crippen LogP contribution in [0.3, 0.4) is 0 Å². The molecule has 0 unspecified atom stereocenters. The smallest absolute Gasteiger partial charge is 0.243 e. The molecule has 2 aromatic rings. The summed E-state index contributed by atoms with van der Waals surface area (Å²) in [5.41, 5.74) is 2.74. The van der Waals surface area contributed by atoms with Crippen molar-refractivity contribution in [2.75, 3.05) is 17.1 Å². The van der Waals surface area contributed by atoms with Crippen LogP contribution in [0.25, 0.3) is 0 Å². The highest BCUT2D eigenvalue weighted by Gasteiger charge is 2.28. The number of hydrogen-bond donors (Lipinski definition) is 1. The predicted octanol–water partition coefficient (Wildman–Crippen LogP) is 3.85. The van der Waals surface area contributed by atoms with E-state index in [1.165, 1.54) is 42.3 Å². The Morgan fingerprint density at radius 2 is 1.62 bits per heavy atom. The third kappa shape index (κ3) is 6.56. The number of carbonyl (C=O) groups is 1. The quantitative estimate of drug-likeness (QED) is 0.627. The molecule has 0 spiro atoms. The Bertz CT molecular complexity index is 910. The molecule has 0 aromatic heterocycles. The predicted molar refractivity (Wildman–Crippen MR) is 115 cm³/mol. The molecule has 2 aromatic carbocycles. The van der Waals surface area contributed by atoms with Gasteiger partial charge >= 0.3 is 0 Å². The largest absolute Gasteiger partial charge is 0.354 e. The van der Waals surface area contributed by atoms with Gasteiger partial charge in [0.2, 0.25) is 15.9 Å². The summed E-state index contributed by atoms with van der Waals surface area (Å²) in [7, 11) is -3.71. The van der Waals surface area contributed by atoms with Gasteiger partial charge in [0, 0.05) is 6.54 Å². The molecule has 29 heavy (non-hydrogen) atoms. The standard InChI is InChI=1S/C22H29FN2O3S/c1-16(2)19-9-7-18(8-10-19)6-5-15-24-22(26)17(3)25(29(4,27)28)21-13-11-20(23)12-14-21/h7-14,16-17H,5-6,15H2,1-4H3,(H,24,26)/t17-/m0/s1. The van der Waals surface area contributed by atoms with Gasteiger partial charge in [-0.25, -0.2) is 12.8 Å². The molecule has 0 saturated heterocycles. The monoisotopic (exact) mass is 420 g/mol. The molecule has 0 aliphatic rings. The van der Waals surface area contributed by atoms with E-state index in [9.17, 15) is 17.6 Å². The molecule has 2 rings (SSSR count).